The number of hydrogen-bond donors (Lipinski definition) is 1. The van der Waals surface area contributed by atoms with Crippen LogP contribution < -0.4 is 14.9 Å². The first kappa shape index (κ1) is 21.3. The van der Waals surface area contributed by atoms with Crippen LogP contribution in [0.3, 0.4) is 0 Å². The molecule has 0 atom stereocenters. The minimum atomic E-state index is -0.137. The molecule has 2 aromatic carbocycles. The molecule has 0 fully saturated rings. The van der Waals surface area contributed by atoms with Crippen LogP contribution in [0.2, 0.25) is 0 Å². The van der Waals surface area contributed by atoms with E-state index >= 15 is 0 Å². The largest absolute Gasteiger partial charge is 0.490 e. The molecule has 0 unspecified atom stereocenters. The molecular formula is C20H23BrN2O3S. The van der Waals surface area contributed by atoms with E-state index in [9.17, 15) is 4.79 Å². The summed E-state index contributed by atoms with van der Waals surface area (Å²) in [5.41, 5.74) is 4.54. The Morgan fingerprint density at radius 3 is 2.67 bits per heavy atom. The minimum Gasteiger partial charge on any atom is -0.490 e. The van der Waals surface area contributed by atoms with Crippen LogP contribution in [0.5, 0.6) is 11.5 Å². The number of benzene rings is 2. The van der Waals surface area contributed by atoms with Gasteiger partial charge in [-0.2, -0.15) is 5.10 Å². The predicted molar refractivity (Wildman–Crippen MR) is 115 cm³/mol. The molecule has 5 nitrogen and oxygen atoms in total. The average molecular weight is 451 g/mol. The highest BCUT2D eigenvalue weighted by atomic mass is 79.9. The second-order valence-corrected chi connectivity index (χ2v) is 7.39. The Kier molecular flexibility index (Phi) is 9.21. The number of rotatable bonds is 10. The van der Waals surface area contributed by atoms with Gasteiger partial charge in [0.1, 0.15) is 0 Å². The van der Waals surface area contributed by atoms with Gasteiger partial charge in [-0.15, -0.1) is 11.8 Å². The second-order valence-electron chi connectivity index (χ2n) is 5.49. The van der Waals surface area contributed by atoms with Gasteiger partial charge >= 0.3 is 0 Å². The molecule has 144 valence electrons. The molecule has 0 heterocycles. The Labute approximate surface area is 172 Å². The van der Waals surface area contributed by atoms with Crippen molar-refractivity contribution >= 4 is 39.8 Å². The number of amides is 1. The van der Waals surface area contributed by atoms with E-state index in [-0.39, 0.29) is 5.91 Å². The molecule has 0 spiro atoms. The van der Waals surface area contributed by atoms with Gasteiger partial charge in [0.15, 0.2) is 11.5 Å². The molecule has 0 saturated heterocycles. The summed E-state index contributed by atoms with van der Waals surface area (Å²) in [6, 6.07) is 13.6. The number of ether oxygens (including phenoxy) is 2. The summed E-state index contributed by atoms with van der Waals surface area (Å²) >= 11 is 4.99. The smallest absolute Gasteiger partial charge is 0.250 e. The zero-order valence-electron chi connectivity index (χ0n) is 15.4. The van der Waals surface area contributed by atoms with Crippen molar-refractivity contribution in [2.45, 2.75) is 19.6 Å². The molecule has 0 aromatic heterocycles. The fourth-order valence-corrected chi connectivity index (χ4v) is 3.46. The van der Waals surface area contributed by atoms with Gasteiger partial charge in [0.25, 0.3) is 0 Å². The van der Waals surface area contributed by atoms with Gasteiger partial charge < -0.3 is 9.47 Å². The third kappa shape index (κ3) is 7.64. The maximum Gasteiger partial charge on any atom is 0.250 e. The number of hydrogen-bond acceptors (Lipinski definition) is 5. The van der Waals surface area contributed by atoms with E-state index in [1.165, 1.54) is 5.56 Å². The minimum absolute atomic E-state index is 0.137. The lowest BCUT2D eigenvalue weighted by Crippen LogP contribution is -2.19. The van der Waals surface area contributed by atoms with Crippen LogP contribution in [0.15, 0.2) is 52.0 Å². The van der Waals surface area contributed by atoms with E-state index in [1.807, 2.05) is 56.3 Å². The van der Waals surface area contributed by atoms with Crippen molar-refractivity contribution in [2.75, 3.05) is 19.0 Å². The summed E-state index contributed by atoms with van der Waals surface area (Å²) < 4.78 is 12.1. The first-order valence-electron chi connectivity index (χ1n) is 8.66. The molecule has 0 saturated carbocycles. The van der Waals surface area contributed by atoms with E-state index in [4.69, 9.17) is 9.47 Å². The molecule has 2 aromatic rings. The molecule has 0 aliphatic rings. The standard InChI is InChI=1S/C20H23BrN2O3S/c1-3-25-18-9-8-15(11-19(18)26-4-2)12-22-23-20(24)14-27-13-16-6-5-7-17(21)10-16/h5-12H,3-4,13-14H2,1-2H3,(H,23,24)/b22-12-. The lowest BCUT2D eigenvalue weighted by Gasteiger charge is -2.11. The number of carbonyl (C=O) groups excluding carboxylic acids is 1. The number of hydrazone groups is 1. The molecular weight excluding hydrogens is 428 g/mol. The molecule has 1 amide bonds. The second kappa shape index (κ2) is 11.7. The van der Waals surface area contributed by atoms with Crippen LogP contribution >= 0.6 is 27.7 Å². The Balaban J connectivity index is 1.81. The maximum atomic E-state index is 11.9. The van der Waals surface area contributed by atoms with E-state index in [0.29, 0.717) is 30.5 Å². The van der Waals surface area contributed by atoms with Crippen LogP contribution in [-0.4, -0.2) is 31.1 Å². The number of nitrogens with one attached hydrogen (secondary N) is 1. The van der Waals surface area contributed by atoms with Crippen LogP contribution in [-0.2, 0) is 10.5 Å². The van der Waals surface area contributed by atoms with Crippen molar-refractivity contribution in [1.29, 1.82) is 0 Å². The summed E-state index contributed by atoms with van der Waals surface area (Å²) in [4.78, 5) is 11.9. The number of carbonyl (C=O) groups is 1. The fraction of sp³-hybridized carbons (Fsp3) is 0.300. The van der Waals surface area contributed by atoms with E-state index < -0.39 is 0 Å². The van der Waals surface area contributed by atoms with Crippen LogP contribution in [0, 0.1) is 0 Å². The molecule has 0 aliphatic carbocycles. The molecule has 1 N–H and O–H groups in total. The monoisotopic (exact) mass is 450 g/mol. The fourth-order valence-electron chi connectivity index (χ4n) is 2.25. The highest BCUT2D eigenvalue weighted by Crippen LogP contribution is 2.28. The normalized spacial score (nSPS) is 10.8. The lowest BCUT2D eigenvalue weighted by molar-refractivity contribution is -0.118. The van der Waals surface area contributed by atoms with Gasteiger partial charge in [0.05, 0.1) is 25.2 Å². The van der Waals surface area contributed by atoms with Gasteiger partial charge in [-0.25, -0.2) is 5.43 Å². The lowest BCUT2D eigenvalue weighted by atomic mass is 10.2. The molecule has 27 heavy (non-hydrogen) atoms. The van der Waals surface area contributed by atoms with Gasteiger partial charge in [0.2, 0.25) is 5.91 Å². The Bertz CT molecular complexity index is 784. The summed E-state index contributed by atoms with van der Waals surface area (Å²) in [5, 5.41) is 4.02. The van der Waals surface area contributed by atoms with Crippen molar-refractivity contribution < 1.29 is 14.3 Å². The Hall–Kier alpha value is -1.99. The van der Waals surface area contributed by atoms with E-state index in [2.05, 4.69) is 26.5 Å². The van der Waals surface area contributed by atoms with Gasteiger partial charge in [-0.05, 0) is 55.3 Å². The van der Waals surface area contributed by atoms with Crippen LogP contribution in [0.1, 0.15) is 25.0 Å². The third-order valence-corrected chi connectivity index (χ3v) is 4.86. The topological polar surface area (TPSA) is 59.9 Å². The third-order valence-electron chi connectivity index (χ3n) is 3.36. The van der Waals surface area contributed by atoms with Crippen LogP contribution in [0.4, 0.5) is 0 Å². The number of halogens is 1. The SMILES string of the molecule is CCOc1ccc(/C=N\NC(=O)CSCc2cccc(Br)c2)cc1OCC. The summed E-state index contributed by atoms with van der Waals surface area (Å²) in [6.45, 7) is 4.96. The number of nitrogens with zero attached hydrogens (tertiary/aromatic N) is 1. The summed E-state index contributed by atoms with van der Waals surface area (Å²) in [6.07, 6.45) is 1.59. The summed E-state index contributed by atoms with van der Waals surface area (Å²) in [7, 11) is 0. The van der Waals surface area contributed by atoms with Gasteiger partial charge in [-0.1, -0.05) is 28.1 Å². The van der Waals surface area contributed by atoms with E-state index in [0.717, 1.165) is 15.8 Å². The van der Waals surface area contributed by atoms with Crippen molar-refractivity contribution in [3.8, 4) is 11.5 Å². The quantitative estimate of drug-likeness (QED) is 0.423. The Morgan fingerprint density at radius 1 is 1.15 bits per heavy atom. The zero-order valence-corrected chi connectivity index (χ0v) is 17.8. The van der Waals surface area contributed by atoms with Crippen molar-refractivity contribution in [1.82, 2.24) is 5.43 Å². The summed E-state index contributed by atoms with van der Waals surface area (Å²) in [5.74, 6) is 2.34. The molecule has 0 aliphatic heterocycles. The van der Waals surface area contributed by atoms with Gasteiger partial charge in [-0.3, -0.25) is 4.79 Å². The first-order valence-corrected chi connectivity index (χ1v) is 10.6. The van der Waals surface area contributed by atoms with Crippen molar-refractivity contribution in [3.05, 3.63) is 58.1 Å². The van der Waals surface area contributed by atoms with Crippen molar-refractivity contribution in [2.24, 2.45) is 5.10 Å². The van der Waals surface area contributed by atoms with Crippen LogP contribution in [0.25, 0.3) is 0 Å². The zero-order chi connectivity index (χ0) is 19.5. The van der Waals surface area contributed by atoms with Gasteiger partial charge in [0, 0.05) is 10.2 Å². The highest BCUT2D eigenvalue weighted by molar-refractivity contribution is 9.10. The number of thioether (sulfide) groups is 1. The predicted octanol–water partition coefficient (Wildman–Crippen LogP) is 4.63. The maximum absolute atomic E-state index is 11.9. The average Bonchev–Trinajstić information content (AvgIpc) is 2.64. The first-order chi connectivity index (χ1) is 13.1. The highest BCUT2D eigenvalue weighted by Gasteiger charge is 2.05. The molecule has 0 bridgehead atoms. The van der Waals surface area contributed by atoms with Crippen molar-refractivity contribution in [3.63, 3.8) is 0 Å². The molecule has 0 radical (unpaired) electrons. The molecule has 7 heteroatoms. The molecule has 2 rings (SSSR count). The van der Waals surface area contributed by atoms with E-state index in [1.54, 1.807) is 18.0 Å². The Morgan fingerprint density at radius 2 is 1.93 bits per heavy atom.